The molecule has 24 heavy (non-hydrogen) atoms. The molecule has 8 heteroatoms. The Hall–Kier alpha value is -2.90. The molecule has 0 radical (unpaired) electrons. The molecule has 1 aromatic heterocycles. The molecule has 1 aromatic carbocycles. The number of hydrogen-bond acceptors (Lipinski definition) is 5. The number of amides is 1. The van der Waals surface area contributed by atoms with E-state index in [0.717, 1.165) is 13.0 Å². The van der Waals surface area contributed by atoms with Crippen LogP contribution in [0.2, 0.25) is 0 Å². The number of aryl methyl sites for hydroxylation is 1. The Balaban J connectivity index is 2.20. The van der Waals surface area contributed by atoms with Crippen molar-refractivity contribution in [1.29, 1.82) is 0 Å². The van der Waals surface area contributed by atoms with Crippen LogP contribution in [0, 0.1) is 16.0 Å². The van der Waals surface area contributed by atoms with Crippen molar-refractivity contribution in [3.8, 4) is 0 Å². The van der Waals surface area contributed by atoms with E-state index in [9.17, 15) is 14.9 Å². The van der Waals surface area contributed by atoms with Crippen LogP contribution < -0.4 is 10.6 Å². The molecule has 0 saturated carbocycles. The van der Waals surface area contributed by atoms with Crippen molar-refractivity contribution in [3.63, 3.8) is 0 Å². The number of nitrogens with one attached hydrogen (secondary N) is 2. The fourth-order valence-corrected chi connectivity index (χ4v) is 2.16. The molecule has 0 atom stereocenters. The summed E-state index contributed by atoms with van der Waals surface area (Å²) >= 11 is 0. The van der Waals surface area contributed by atoms with E-state index in [0.29, 0.717) is 17.4 Å². The average Bonchev–Trinajstić information content (AvgIpc) is 2.99. The summed E-state index contributed by atoms with van der Waals surface area (Å²) in [7, 11) is 1.48. The molecule has 2 rings (SSSR count). The van der Waals surface area contributed by atoms with Gasteiger partial charge in [-0.3, -0.25) is 19.6 Å². The topological polar surface area (TPSA) is 102 Å². The van der Waals surface area contributed by atoms with Gasteiger partial charge in [-0.25, -0.2) is 0 Å². The third-order valence-electron chi connectivity index (χ3n) is 3.52. The number of hydrogen-bond donors (Lipinski definition) is 2. The maximum absolute atomic E-state index is 11.6. The predicted molar refractivity (Wildman–Crippen MR) is 91.5 cm³/mol. The highest BCUT2D eigenvalue weighted by Crippen LogP contribution is 2.28. The van der Waals surface area contributed by atoms with Crippen LogP contribution >= 0.6 is 0 Å². The lowest BCUT2D eigenvalue weighted by atomic mass is 10.1. The van der Waals surface area contributed by atoms with Gasteiger partial charge >= 0.3 is 0 Å². The highest BCUT2D eigenvalue weighted by atomic mass is 16.6. The van der Waals surface area contributed by atoms with Gasteiger partial charge in [-0.2, -0.15) is 5.10 Å². The first kappa shape index (κ1) is 17.5. The van der Waals surface area contributed by atoms with E-state index in [1.165, 1.54) is 25.2 Å². The number of benzene rings is 1. The first-order valence-electron chi connectivity index (χ1n) is 7.71. The summed E-state index contributed by atoms with van der Waals surface area (Å²) in [5, 5.41) is 21.0. The molecule has 0 aliphatic rings. The summed E-state index contributed by atoms with van der Waals surface area (Å²) in [6.45, 7) is 5.07. The zero-order valence-electron chi connectivity index (χ0n) is 13.9. The van der Waals surface area contributed by atoms with Gasteiger partial charge in [0, 0.05) is 37.5 Å². The summed E-state index contributed by atoms with van der Waals surface area (Å²) in [6, 6.07) is 6.05. The van der Waals surface area contributed by atoms with E-state index >= 15 is 0 Å². The Morgan fingerprint density at radius 2 is 2.12 bits per heavy atom. The SMILES string of the molecule is CNC(=O)c1ccc(Nc2ccn(CCC(C)C)n2)c([N+](=O)[O-])c1. The number of carbonyl (C=O) groups excluding carboxylic acids is 1. The van der Waals surface area contributed by atoms with Gasteiger partial charge in [0.15, 0.2) is 5.82 Å². The van der Waals surface area contributed by atoms with Crippen molar-refractivity contribution >= 4 is 23.1 Å². The van der Waals surface area contributed by atoms with Gasteiger partial charge in [0.1, 0.15) is 5.69 Å². The van der Waals surface area contributed by atoms with Gasteiger partial charge in [-0.1, -0.05) is 13.8 Å². The fraction of sp³-hybridized carbons (Fsp3) is 0.375. The van der Waals surface area contributed by atoms with Gasteiger partial charge in [0.25, 0.3) is 11.6 Å². The maximum atomic E-state index is 11.6. The number of nitro groups is 1. The lowest BCUT2D eigenvalue weighted by Crippen LogP contribution is -2.17. The zero-order valence-corrected chi connectivity index (χ0v) is 13.9. The molecule has 0 unspecified atom stereocenters. The summed E-state index contributed by atoms with van der Waals surface area (Å²) < 4.78 is 1.80. The third-order valence-corrected chi connectivity index (χ3v) is 3.52. The molecule has 0 aliphatic carbocycles. The van der Waals surface area contributed by atoms with E-state index in [-0.39, 0.29) is 17.2 Å². The van der Waals surface area contributed by atoms with Crippen LogP contribution in [0.3, 0.4) is 0 Å². The lowest BCUT2D eigenvalue weighted by Gasteiger charge is -2.07. The van der Waals surface area contributed by atoms with Crippen LogP contribution in [0.1, 0.15) is 30.6 Å². The van der Waals surface area contributed by atoms with Crippen LogP contribution in [-0.2, 0) is 6.54 Å². The van der Waals surface area contributed by atoms with Crippen LogP contribution in [0.4, 0.5) is 17.2 Å². The van der Waals surface area contributed by atoms with Gasteiger partial charge in [0.2, 0.25) is 0 Å². The minimum absolute atomic E-state index is 0.173. The minimum atomic E-state index is -0.523. The van der Waals surface area contributed by atoms with Gasteiger partial charge in [-0.15, -0.1) is 0 Å². The van der Waals surface area contributed by atoms with Crippen LogP contribution in [0.15, 0.2) is 30.5 Å². The third kappa shape index (κ3) is 4.31. The number of rotatable bonds is 7. The second kappa shape index (κ2) is 7.58. The molecule has 0 aliphatic heterocycles. The number of anilines is 2. The van der Waals surface area contributed by atoms with Crippen molar-refractivity contribution in [1.82, 2.24) is 15.1 Å². The number of nitrogens with zero attached hydrogens (tertiary/aromatic N) is 3. The molecule has 1 amide bonds. The Kier molecular flexibility index (Phi) is 5.51. The Morgan fingerprint density at radius 3 is 2.75 bits per heavy atom. The first-order chi connectivity index (χ1) is 11.4. The molecule has 1 heterocycles. The van der Waals surface area contributed by atoms with Gasteiger partial charge in [0.05, 0.1) is 4.92 Å². The molecular formula is C16H21N5O3. The molecule has 2 aromatic rings. The van der Waals surface area contributed by atoms with E-state index in [4.69, 9.17) is 0 Å². The molecule has 128 valence electrons. The number of carbonyl (C=O) groups is 1. The van der Waals surface area contributed by atoms with Crippen molar-refractivity contribution in [2.24, 2.45) is 5.92 Å². The second-order valence-electron chi connectivity index (χ2n) is 5.84. The largest absolute Gasteiger partial charge is 0.355 e. The van der Waals surface area contributed by atoms with Crippen molar-refractivity contribution in [3.05, 3.63) is 46.1 Å². The highest BCUT2D eigenvalue weighted by Gasteiger charge is 2.18. The maximum Gasteiger partial charge on any atom is 0.293 e. The molecule has 0 bridgehead atoms. The number of nitro benzene ring substituents is 1. The van der Waals surface area contributed by atoms with Crippen molar-refractivity contribution in [2.45, 2.75) is 26.8 Å². The predicted octanol–water partition coefficient (Wildman–Crippen LogP) is 2.94. The zero-order chi connectivity index (χ0) is 17.7. The van der Waals surface area contributed by atoms with Crippen molar-refractivity contribution in [2.75, 3.05) is 12.4 Å². The fourth-order valence-electron chi connectivity index (χ4n) is 2.16. The monoisotopic (exact) mass is 331 g/mol. The second-order valence-corrected chi connectivity index (χ2v) is 5.84. The highest BCUT2D eigenvalue weighted by molar-refractivity contribution is 5.95. The average molecular weight is 331 g/mol. The Labute approximate surface area is 140 Å². The molecular weight excluding hydrogens is 310 g/mol. The van der Waals surface area contributed by atoms with E-state index < -0.39 is 4.92 Å². The Bertz CT molecular complexity index is 739. The lowest BCUT2D eigenvalue weighted by molar-refractivity contribution is -0.383. The van der Waals surface area contributed by atoms with E-state index in [2.05, 4.69) is 29.6 Å². The van der Waals surface area contributed by atoms with Gasteiger partial charge in [-0.05, 0) is 24.5 Å². The van der Waals surface area contributed by atoms with Crippen LogP contribution in [0.25, 0.3) is 0 Å². The molecule has 0 fully saturated rings. The normalized spacial score (nSPS) is 10.7. The summed E-state index contributed by atoms with van der Waals surface area (Å²) in [5.41, 5.74) is 0.354. The summed E-state index contributed by atoms with van der Waals surface area (Å²) in [6.07, 6.45) is 2.83. The standard InChI is InChI=1S/C16H21N5O3/c1-11(2)6-8-20-9-7-15(19-20)18-13-5-4-12(16(22)17-3)10-14(13)21(23)24/h4-5,7,9-11H,6,8H2,1-3H3,(H,17,22)(H,18,19). The van der Waals surface area contributed by atoms with E-state index in [1.54, 1.807) is 10.7 Å². The van der Waals surface area contributed by atoms with E-state index in [1.807, 2.05) is 6.20 Å². The summed E-state index contributed by atoms with van der Waals surface area (Å²) in [5.74, 6) is 0.723. The van der Waals surface area contributed by atoms with Crippen molar-refractivity contribution < 1.29 is 9.72 Å². The number of aromatic nitrogens is 2. The first-order valence-corrected chi connectivity index (χ1v) is 7.71. The Morgan fingerprint density at radius 1 is 1.38 bits per heavy atom. The molecule has 0 saturated heterocycles. The smallest absolute Gasteiger partial charge is 0.293 e. The van der Waals surface area contributed by atoms with Gasteiger partial charge < -0.3 is 10.6 Å². The molecule has 8 nitrogen and oxygen atoms in total. The van der Waals surface area contributed by atoms with Crippen LogP contribution in [0.5, 0.6) is 0 Å². The summed E-state index contributed by atoms with van der Waals surface area (Å²) in [4.78, 5) is 22.4. The van der Waals surface area contributed by atoms with Crippen LogP contribution in [-0.4, -0.2) is 27.7 Å². The molecule has 0 spiro atoms. The molecule has 2 N–H and O–H groups in total. The quantitative estimate of drug-likeness (QED) is 0.600. The minimum Gasteiger partial charge on any atom is -0.355 e.